The zero-order valence-corrected chi connectivity index (χ0v) is 23.1. The first kappa shape index (κ1) is 26.3. The molecular weight excluding hydrogens is 520 g/mol. The van der Waals surface area contributed by atoms with E-state index < -0.39 is 0 Å². The highest BCUT2D eigenvalue weighted by molar-refractivity contribution is 6.35. The molecule has 0 aromatic heterocycles. The molecule has 40 heavy (non-hydrogen) atoms. The summed E-state index contributed by atoms with van der Waals surface area (Å²) in [6, 6.07) is 30.8. The van der Waals surface area contributed by atoms with Crippen LogP contribution in [0.15, 0.2) is 97.1 Å². The zero-order chi connectivity index (χ0) is 27.6. The summed E-state index contributed by atoms with van der Waals surface area (Å²) in [4.78, 5) is 33.9. The Kier molecular flexibility index (Phi) is 7.39. The summed E-state index contributed by atoms with van der Waals surface area (Å²) >= 11 is 6.71. The van der Waals surface area contributed by atoms with Crippen molar-refractivity contribution >= 4 is 34.8 Å². The first-order chi connectivity index (χ1) is 19.5. The number of benzene rings is 4. The molecule has 0 aliphatic carbocycles. The van der Waals surface area contributed by atoms with E-state index in [1.807, 2.05) is 71.6 Å². The van der Waals surface area contributed by atoms with E-state index in [1.54, 1.807) is 24.3 Å². The molecule has 2 heterocycles. The largest absolute Gasteiger partial charge is 0.322 e. The predicted octanol–water partition coefficient (Wildman–Crippen LogP) is 6.04. The van der Waals surface area contributed by atoms with Gasteiger partial charge in [0.05, 0.1) is 10.6 Å². The highest BCUT2D eigenvalue weighted by atomic mass is 35.5. The van der Waals surface area contributed by atoms with Crippen LogP contribution in [0.4, 0.5) is 11.4 Å². The van der Waals surface area contributed by atoms with Crippen LogP contribution in [0.5, 0.6) is 0 Å². The summed E-state index contributed by atoms with van der Waals surface area (Å²) in [5.74, 6) is -0.377. The molecule has 1 unspecified atom stereocenters. The maximum atomic E-state index is 14.0. The molecule has 0 radical (unpaired) electrons. The second-order valence-corrected chi connectivity index (χ2v) is 10.9. The summed E-state index contributed by atoms with van der Waals surface area (Å²) in [5, 5.41) is 3.27. The molecule has 1 N–H and O–H groups in total. The van der Waals surface area contributed by atoms with Crippen molar-refractivity contribution in [3.63, 3.8) is 0 Å². The number of anilines is 2. The first-order valence-corrected chi connectivity index (χ1v) is 13.9. The van der Waals surface area contributed by atoms with Crippen molar-refractivity contribution in [2.24, 2.45) is 0 Å². The van der Waals surface area contributed by atoms with Crippen molar-refractivity contribution in [2.45, 2.75) is 12.6 Å². The minimum atomic E-state index is -0.238. The molecule has 2 aliphatic rings. The fraction of sp³-hybridized carbons (Fsp3) is 0.212. The number of amides is 2. The normalized spacial score (nSPS) is 17.4. The van der Waals surface area contributed by atoms with Gasteiger partial charge in [-0.05, 0) is 54.1 Å². The number of hydrogen-bond donors (Lipinski definition) is 1. The second kappa shape index (κ2) is 11.3. The van der Waals surface area contributed by atoms with E-state index in [2.05, 4.69) is 28.2 Å². The van der Waals surface area contributed by atoms with E-state index in [9.17, 15) is 9.59 Å². The number of fused-ring (bicyclic) bond motifs is 2. The van der Waals surface area contributed by atoms with Crippen molar-refractivity contribution in [1.82, 2.24) is 9.80 Å². The van der Waals surface area contributed by atoms with Gasteiger partial charge in [-0.1, -0.05) is 78.3 Å². The summed E-state index contributed by atoms with van der Waals surface area (Å²) in [6.07, 6.45) is 0. The average molecular weight is 551 g/mol. The third kappa shape index (κ3) is 5.26. The lowest BCUT2D eigenvalue weighted by molar-refractivity contribution is 0.0844. The number of carbonyl (C=O) groups is 2. The lowest BCUT2D eigenvalue weighted by atomic mass is 9.99. The lowest BCUT2D eigenvalue weighted by Crippen LogP contribution is -2.55. The predicted molar refractivity (Wildman–Crippen MR) is 161 cm³/mol. The van der Waals surface area contributed by atoms with Crippen molar-refractivity contribution in [3.05, 3.63) is 119 Å². The molecule has 1 saturated heterocycles. The van der Waals surface area contributed by atoms with E-state index in [1.165, 1.54) is 0 Å². The summed E-state index contributed by atoms with van der Waals surface area (Å²) < 4.78 is 0. The quantitative estimate of drug-likeness (QED) is 0.337. The first-order valence-electron chi connectivity index (χ1n) is 13.6. The van der Waals surface area contributed by atoms with Gasteiger partial charge in [-0.2, -0.15) is 0 Å². The number of likely N-dealkylation sites (N-methyl/N-ethyl adjacent to an activating group) is 1. The fourth-order valence-electron chi connectivity index (χ4n) is 5.72. The SMILES string of the molecule is CN1CCN2Cc3ccccc3N(C(=O)c3ccc(NC(=O)c4ccccc4-c4ccccc4)cc3Cl)CC2C1. The summed E-state index contributed by atoms with van der Waals surface area (Å²) in [5.41, 5.74) is 5.39. The summed E-state index contributed by atoms with van der Waals surface area (Å²) in [7, 11) is 2.13. The molecule has 2 aliphatic heterocycles. The smallest absolute Gasteiger partial charge is 0.259 e. The van der Waals surface area contributed by atoms with Crippen LogP contribution >= 0.6 is 11.6 Å². The number of nitrogens with zero attached hydrogens (tertiary/aromatic N) is 3. The van der Waals surface area contributed by atoms with Gasteiger partial charge in [0.25, 0.3) is 11.8 Å². The maximum absolute atomic E-state index is 14.0. The van der Waals surface area contributed by atoms with Gasteiger partial charge in [-0.15, -0.1) is 0 Å². The van der Waals surface area contributed by atoms with Crippen LogP contribution in [0.1, 0.15) is 26.3 Å². The highest BCUT2D eigenvalue weighted by Gasteiger charge is 2.34. The van der Waals surface area contributed by atoms with Gasteiger partial charge in [0, 0.05) is 55.7 Å². The van der Waals surface area contributed by atoms with Crippen LogP contribution in [0, 0.1) is 0 Å². The molecule has 6 rings (SSSR count). The van der Waals surface area contributed by atoms with Gasteiger partial charge >= 0.3 is 0 Å². The second-order valence-electron chi connectivity index (χ2n) is 10.5. The molecule has 2 amide bonds. The van der Waals surface area contributed by atoms with E-state index >= 15 is 0 Å². The van der Waals surface area contributed by atoms with Gasteiger partial charge in [-0.25, -0.2) is 0 Å². The molecule has 4 aromatic rings. The topological polar surface area (TPSA) is 55.9 Å². The minimum absolute atomic E-state index is 0.139. The molecule has 0 bridgehead atoms. The van der Waals surface area contributed by atoms with Crippen molar-refractivity contribution in [1.29, 1.82) is 0 Å². The average Bonchev–Trinajstić information content (AvgIpc) is 3.14. The van der Waals surface area contributed by atoms with Crippen molar-refractivity contribution < 1.29 is 9.59 Å². The number of para-hydroxylation sites is 1. The van der Waals surface area contributed by atoms with Gasteiger partial charge in [-0.3, -0.25) is 14.5 Å². The van der Waals surface area contributed by atoms with Gasteiger partial charge < -0.3 is 15.1 Å². The van der Waals surface area contributed by atoms with Crippen LogP contribution in [-0.4, -0.2) is 60.9 Å². The van der Waals surface area contributed by atoms with Crippen LogP contribution in [0.25, 0.3) is 11.1 Å². The zero-order valence-electron chi connectivity index (χ0n) is 22.4. The number of piperazine rings is 1. The standard InChI is InChI=1S/C33H31ClN4O2/c1-36-17-18-37-20-24-11-5-8-14-31(24)38(22-26(37)21-36)33(40)29-16-15-25(19-30(29)34)35-32(39)28-13-7-6-12-27(28)23-9-3-2-4-10-23/h2-16,19,26H,17-18,20-22H2,1H3,(H,35,39). The van der Waals surface area contributed by atoms with Crippen LogP contribution in [0.2, 0.25) is 5.02 Å². The fourth-order valence-corrected chi connectivity index (χ4v) is 5.98. The van der Waals surface area contributed by atoms with E-state index in [0.29, 0.717) is 28.4 Å². The van der Waals surface area contributed by atoms with Gasteiger partial charge in [0.15, 0.2) is 0 Å². The monoisotopic (exact) mass is 550 g/mol. The van der Waals surface area contributed by atoms with Crippen molar-refractivity contribution in [3.8, 4) is 11.1 Å². The highest BCUT2D eigenvalue weighted by Crippen LogP contribution is 2.32. The Bertz CT molecular complexity index is 1560. The van der Waals surface area contributed by atoms with E-state index in [0.717, 1.165) is 48.6 Å². The Hall–Kier alpha value is -3.97. The maximum Gasteiger partial charge on any atom is 0.259 e. The molecule has 202 valence electrons. The molecule has 6 nitrogen and oxygen atoms in total. The molecule has 1 atom stereocenters. The Morgan fingerprint density at radius 2 is 1.57 bits per heavy atom. The number of nitrogens with one attached hydrogen (secondary N) is 1. The number of hydrogen-bond acceptors (Lipinski definition) is 4. The lowest BCUT2D eigenvalue weighted by Gasteiger charge is -2.39. The number of rotatable bonds is 4. The van der Waals surface area contributed by atoms with E-state index in [-0.39, 0.29) is 17.9 Å². The Morgan fingerprint density at radius 1 is 0.825 bits per heavy atom. The Labute approximate surface area is 239 Å². The third-order valence-corrected chi connectivity index (χ3v) is 8.13. The minimum Gasteiger partial charge on any atom is -0.322 e. The number of carbonyl (C=O) groups excluding carboxylic acids is 2. The molecular formula is C33H31ClN4O2. The van der Waals surface area contributed by atoms with Crippen molar-refractivity contribution in [2.75, 3.05) is 43.4 Å². The molecule has 1 fully saturated rings. The summed E-state index contributed by atoms with van der Waals surface area (Å²) in [6.45, 7) is 4.30. The van der Waals surface area contributed by atoms with Gasteiger partial charge in [0.2, 0.25) is 0 Å². The van der Waals surface area contributed by atoms with E-state index in [4.69, 9.17) is 11.6 Å². The number of halogens is 1. The molecule has 0 spiro atoms. The molecule has 4 aromatic carbocycles. The van der Waals surface area contributed by atoms with Crippen LogP contribution in [-0.2, 0) is 6.54 Å². The Morgan fingerprint density at radius 3 is 2.40 bits per heavy atom. The van der Waals surface area contributed by atoms with Gasteiger partial charge in [0.1, 0.15) is 0 Å². The van der Waals surface area contributed by atoms with Crippen LogP contribution in [0.3, 0.4) is 0 Å². The van der Waals surface area contributed by atoms with Crippen LogP contribution < -0.4 is 10.2 Å². The third-order valence-electron chi connectivity index (χ3n) is 7.82. The Balaban J connectivity index is 1.25. The molecule has 7 heteroatoms. The molecule has 0 saturated carbocycles.